The first-order chi connectivity index (χ1) is 32.9. The van der Waals surface area contributed by atoms with E-state index >= 15 is 0 Å². The van der Waals surface area contributed by atoms with E-state index in [1.54, 1.807) is 13.8 Å². The molecule has 24 nitrogen and oxygen atoms in total. The molecule has 10 atom stereocenters. The van der Waals surface area contributed by atoms with Crippen molar-refractivity contribution >= 4 is 59.2 Å². The number of benzene rings is 2. The fourth-order valence-corrected chi connectivity index (χ4v) is 7.48. The number of carboxylic acids is 2. The number of amides is 8. The standard InChI is InChI=1S/C46H65N9O15/c1-5-23(2)37(46(69)70)53-42(65)33(22-27-10-14-29(58)15-11-27)52-41(64)31(16-18-35(48)59)50-43(66)34-7-6-20-55(34)45(68)24(3)49-40(63)32(17-19-36(60)61)51-44(67)38(25(4)56)54-39(62)30(47)21-26-8-12-28(57)13-9-26/h8-15,23-25,30-34,37-38,56-58H,5-7,16-22,47H2,1-4H3,(H2,48,59)(H,49,63)(H,50,66)(H,51,67)(H,52,64)(H,53,65)(H,54,62)(H,60,61)(H,69,70)/t23-,24+,25+,30-,31-,32-,33+,34-,37-,38+/m0/s1. The molecule has 0 bridgehead atoms. The van der Waals surface area contributed by atoms with E-state index in [1.807, 2.05) is 0 Å². The maximum Gasteiger partial charge on any atom is 0.326 e. The molecular weight excluding hydrogens is 919 g/mol. The summed E-state index contributed by atoms with van der Waals surface area (Å²) in [5.41, 5.74) is 12.4. The Morgan fingerprint density at radius 2 is 1.16 bits per heavy atom. The number of aliphatic carboxylic acids is 2. The summed E-state index contributed by atoms with van der Waals surface area (Å²) in [6.45, 7) is 5.82. The Kier molecular flexibility index (Phi) is 22.0. The molecule has 1 saturated heterocycles. The number of primary amides is 1. The number of hydrogen-bond acceptors (Lipinski definition) is 14. The number of nitrogens with two attached hydrogens (primary N) is 2. The van der Waals surface area contributed by atoms with Crippen molar-refractivity contribution < 1.29 is 73.5 Å². The second-order valence-electron chi connectivity index (χ2n) is 17.3. The van der Waals surface area contributed by atoms with Gasteiger partial charge >= 0.3 is 11.9 Å². The largest absolute Gasteiger partial charge is 0.508 e. The van der Waals surface area contributed by atoms with Crippen LogP contribution in [0.2, 0.25) is 0 Å². The van der Waals surface area contributed by atoms with Gasteiger partial charge in [-0.05, 0) is 87.3 Å². The Morgan fingerprint density at radius 3 is 1.69 bits per heavy atom. The third-order valence-corrected chi connectivity index (χ3v) is 11.7. The number of hydrogen-bond donors (Lipinski definition) is 13. The molecule has 1 aliphatic heterocycles. The molecule has 0 saturated carbocycles. The summed E-state index contributed by atoms with van der Waals surface area (Å²) >= 11 is 0. The molecule has 0 spiro atoms. The van der Waals surface area contributed by atoms with E-state index in [0.29, 0.717) is 24.0 Å². The number of carboxylic acid groups (broad SMARTS) is 2. The quantitative estimate of drug-likeness (QED) is 0.0451. The second kappa shape index (κ2) is 27.0. The molecule has 15 N–H and O–H groups in total. The molecule has 384 valence electrons. The lowest BCUT2D eigenvalue weighted by molar-refractivity contribution is -0.144. The van der Waals surface area contributed by atoms with E-state index in [-0.39, 0.29) is 43.7 Å². The van der Waals surface area contributed by atoms with E-state index < -0.39 is 139 Å². The lowest BCUT2D eigenvalue weighted by Crippen LogP contribution is -2.61. The maximum absolute atomic E-state index is 13.9. The smallest absolute Gasteiger partial charge is 0.326 e. The fraction of sp³-hybridized carbons (Fsp3) is 0.522. The molecule has 0 aromatic heterocycles. The van der Waals surface area contributed by atoms with Gasteiger partial charge in [0.1, 0.15) is 53.8 Å². The van der Waals surface area contributed by atoms with E-state index in [2.05, 4.69) is 31.9 Å². The van der Waals surface area contributed by atoms with Crippen LogP contribution in [0.3, 0.4) is 0 Å². The first kappa shape index (κ1) is 57.0. The number of carbonyl (C=O) groups is 10. The number of aliphatic hydroxyl groups excluding tert-OH is 1. The number of aromatic hydroxyl groups is 2. The van der Waals surface area contributed by atoms with Crippen molar-refractivity contribution in [1.82, 2.24) is 36.8 Å². The number of rotatable bonds is 27. The molecule has 0 aliphatic carbocycles. The lowest BCUT2D eigenvalue weighted by atomic mass is 9.98. The zero-order valence-corrected chi connectivity index (χ0v) is 39.4. The van der Waals surface area contributed by atoms with Gasteiger partial charge in [-0.25, -0.2) is 4.79 Å². The highest BCUT2D eigenvalue weighted by Gasteiger charge is 2.40. The van der Waals surface area contributed by atoms with Crippen molar-refractivity contribution in [2.75, 3.05) is 6.54 Å². The second-order valence-corrected chi connectivity index (χ2v) is 17.3. The topological polar surface area (TPSA) is 399 Å². The molecule has 2 aromatic carbocycles. The van der Waals surface area contributed by atoms with E-state index in [4.69, 9.17) is 11.5 Å². The van der Waals surface area contributed by atoms with Crippen LogP contribution >= 0.6 is 0 Å². The SMILES string of the molecule is CC[C@H](C)[C@H](NC(=O)[C@@H](Cc1ccc(O)cc1)NC(=O)[C@H](CCC(N)=O)NC(=O)[C@@H]1CCCN1C(=O)[C@@H](C)NC(=O)[C@H](CCC(=O)O)NC(=O)[C@H](NC(=O)[C@@H](N)Cc1ccc(O)cc1)[C@@H](C)O)C(=O)O. The molecule has 1 aliphatic rings. The van der Waals surface area contributed by atoms with Crippen molar-refractivity contribution in [3.63, 3.8) is 0 Å². The lowest BCUT2D eigenvalue weighted by Gasteiger charge is -2.30. The molecule has 24 heteroatoms. The van der Waals surface area contributed by atoms with Crippen LogP contribution in [0.1, 0.15) is 83.8 Å². The van der Waals surface area contributed by atoms with Gasteiger partial charge < -0.3 is 73.8 Å². The van der Waals surface area contributed by atoms with Crippen molar-refractivity contribution in [1.29, 1.82) is 0 Å². The zero-order valence-electron chi connectivity index (χ0n) is 39.4. The number of likely N-dealkylation sites (tertiary alicyclic amines) is 1. The highest BCUT2D eigenvalue weighted by molar-refractivity contribution is 5.98. The van der Waals surface area contributed by atoms with E-state index in [0.717, 1.165) is 4.90 Å². The number of phenolic OH excluding ortho intramolecular Hbond substituents is 2. The molecule has 1 heterocycles. The van der Waals surface area contributed by atoms with Gasteiger partial charge in [-0.1, -0.05) is 44.5 Å². The minimum absolute atomic E-state index is 0.00884. The van der Waals surface area contributed by atoms with Crippen molar-refractivity contribution in [3.8, 4) is 11.5 Å². The number of nitrogens with one attached hydrogen (secondary N) is 6. The van der Waals surface area contributed by atoms with Gasteiger partial charge in [0, 0.05) is 25.8 Å². The number of nitrogens with zero attached hydrogens (tertiary/aromatic N) is 1. The van der Waals surface area contributed by atoms with Crippen LogP contribution in [-0.4, -0.2) is 151 Å². The predicted molar refractivity (Wildman–Crippen MR) is 248 cm³/mol. The molecule has 1 fully saturated rings. The van der Waals surface area contributed by atoms with Gasteiger partial charge in [0.15, 0.2) is 0 Å². The van der Waals surface area contributed by atoms with Crippen LogP contribution in [-0.2, 0) is 60.8 Å². The zero-order chi connectivity index (χ0) is 52.4. The van der Waals surface area contributed by atoms with Gasteiger partial charge in [-0.2, -0.15) is 0 Å². The van der Waals surface area contributed by atoms with Crippen LogP contribution in [0, 0.1) is 5.92 Å². The third kappa shape index (κ3) is 17.6. The molecular formula is C46H65N9O15. The Bertz CT molecular complexity index is 2190. The van der Waals surface area contributed by atoms with Crippen LogP contribution < -0.4 is 43.4 Å². The summed E-state index contributed by atoms with van der Waals surface area (Å²) in [7, 11) is 0. The van der Waals surface area contributed by atoms with Crippen LogP contribution in [0.25, 0.3) is 0 Å². The number of carbonyl (C=O) groups excluding carboxylic acids is 8. The Balaban J connectivity index is 1.77. The van der Waals surface area contributed by atoms with Crippen molar-refractivity contribution in [2.45, 2.75) is 140 Å². The minimum atomic E-state index is -1.67. The van der Waals surface area contributed by atoms with Crippen LogP contribution in [0.5, 0.6) is 11.5 Å². The Hall–Kier alpha value is -7.34. The highest BCUT2D eigenvalue weighted by Crippen LogP contribution is 2.20. The predicted octanol–water partition coefficient (Wildman–Crippen LogP) is -2.23. The van der Waals surface area contributed by atoms with Gasteiger partial charge in [0.25, 0.3) is 0 Å². The van der Waals surface area contributed by atoms with Gasteiger partial charge in [-0.3, -0.25) is 43.2 Å². The summed E-state index contributed by atoms with van der Waals surface area (Å²) in [5.74, 6) is -10.5. The molecule has 0 radical (unpaired) electrons. The van der Waals surface area contributed by atoms with Crippen molar-refractivity contribution in [3.05, 3.63) is 59.7 Å². The molecule has 8 amide bonds. The first-order valence-electron chi connectivity index (χ1n) is 22.8. The van der Waals surface area contributed by atoms with Gasteiger partial charge in [0.2, 0.25) is 47.3 Å². The monoisotopic (exact) mass is 983 g/mol. The van der Waals surface area contributed by atoms with Gasteiger partial charge in [0.05, 0.1) is 12.1 Å². The average Bonchev–Trinajstić information content (AvgIpc) is 3.80. The molecule has 70 heavy (non-hydrogen) atoms. The normalized spacial score (nSPS) is 17.1. The maximum atomic E-state index is 13.9. The van der Waals surface area contributed by atoms with Gasteiger partial charge in [-0.15, -0.1) is 0 Å². The average molecular weight is 984 g/mol. The number of aliphatic hydroxyl groups is 1. The summed E-state index contributed by atoms with van der Waals surface area (Å²) in [6, 6.07) is 0.0996. The molecule has 0 unspecified atom stereocenters. The number of phenols is 2. The Morgan fingerprint density at radius 1 is 0.657 bits per heavy atom. The molecule has 3 rings (SSSR count). The van der Waals surface area contributed by atoms with Crippen LogP contribution in [0.15, 0.2) is 48.5 Å². The summed E-state index contributed by atoms with van der Waals surface area (Å²) < 4.78 is 0. The van der Waals surface area contributed by atoms with Crippen LogP contribution in [0.4, 0.5) is 0 Å². The highest BCUT2D eigenvalue weighted by atomic mass is 16.4. The third-order valence-electron chi connectivity index (χ3n) is 11.7. The minimum Gasteiger partial charge on any atom is -0.508 e. The van der Waals surface area contributed by atoms with E-state index in [9.17, 15) is 73.5 Å². The summed E-state index contributed by atoms with van der Waals surface area (Å²) in [4.78, 5) is 132. The molecule has 2 aromatic rings. The fourth-order valence-electron chi connectivity index (χ4n) is 7.48. The summed E-state index contributed by atoms with van der Waals surface area (Å²) in [5, 5.41) is 63.6. The first-order valence-corrected chi connectivity index (χ1v) is 22.8. The summed E-state index contributed by atoms with van der Waals surface area (Å²) in [6.07, 6.45) is -2.85. The van der Waals surface area contributed by atoms with Crippen molar-refractivity contribution in [2.24, 2.45) is 17.4 Å². The Labute approximate surface area is 403 Å². The van der Waals surface area contributed by atoms with E-state index in [1.165, 1.54) is 62.4 Å².